The van der Waals surface area contributed by atoms with Gasteiger partial charge in [-0.25, -0.2) is 9.99 Å². The second-order valence-electron chi connectivity index (χ2n) is 6.21. The summed E-state index contributed by atoms with van der Waals surface area (Å²) in [6, 6.07) is 9.28. The zero-order chi connectivity index (χ0) is 18.7. The van der Waals surface area contributed by atoms with E-state index in [1.54, 1.807) is 18.3 Å². The molecule has 0 fully saturated rings. The molecule has 6 nitrogen and oxygen atoms in total. The van der Waals surface area contributed by atoms with Crippen LogP contribution >= 0.6 is 11.6 Å². The number of hydrogen-bond donors (Lipinski definition) is 1. The molecule has 1 aromatic carbocycles. The molecule has 1 aliphatic heterocycles. The zero-order valence-electron chi connectivity index (χ0n) is 14.6. The van der Waals surface area contributed by atoms with Crippen molar-refractivity contribution in [2.75, 3.05) is 5.01 Å². The van der Waals surface area contributed by atoms with Crippen molar-refractivity contribution < 1.29 is 9.59 Å². The third kappa shape index (κ3) is 4.08. The fraction of sp³-hybridized carbons (Fsp3) is 0.263. The summed E-state index contributed by atoms with van der Waals surface area (Å²) in [7, 11) is 0. The Balaban J connectivity index is 1.76. The van der Waals surface area contributed by atoms with Crippen LogP contribution in [0.3, 0.4) is 0 Å². The number of hydrazone groups is 1. The van der Waals surface area contributed by atoms with Crippen molar-refractivity contribution in [2.24, 2.45) is 5.10 Å². The summed E-state index contributed by atoms with van der Waals surface area (Å²) in [6.07, 6.45) is 2.18. The molecule has 0 saturated heterocycles. The molecule has 0 bridgehead atoms. The molecule has 134 valence electrons. The van der Waals surface area contributed by atoms with Crippen LogP contribution in [0.15, 0.2) is 41.6 Å². The third-order valence-electron chi connectivity index (χ3n) is 4.13. The van der Waals surface area contributed by atoms with E-state index in [9.17, 15) is 9.59 Å². The number of hydrogen-bond acceptors (Lipinski definition) is 4. The van der Waals surface area contributed by atoms with Gasteiger partial charge in [0.25, 0.3) is 5.91 Å². The first-order valence-corrected chi connectivity index (χ1v) is 8.68. The van der Waals surface area contributed by atoms with Crippen LogP contribution in [0.4, 0.5) is 5.69 Å². The van der Waals surface area contributed by atoms with Crippen LogP contribution in [0.5, 0.6) is 0 Å². The lowest BCUT2D eigenvalue weighted by molar-refractivity contribution is -0.119. The van der Waals surface area contributed by atoms with Crippen LogP contribution in [-0.4, -0.2) is 22.5 Å². The Morgan fingerprint density at radius 2 is 2.04 bits per heavy atom. The van der Waals surface area contributed by atoms with Gasteiger partial charge in [-0.3, -0.25) is 9.59 Å². The number of aromatic nitrogens is 1. The van der Waals surface area contributed by atoms with Crippen molar-refractivity contribution in [2.45, 2.75) is 33.2 Å². The molecule has 0 saturated carbocycles. The molecule has 1 aromatic heterocycles. The molecule has 3 rings (SSSR count). The minimum Gasteiger partial charge on any atom is -0.347 e. The fourth-order valence-electron chi connectivity index (χ4n) is 2.65. The van der Waals surface area contributed by atoms with Crippen molar-refractivity contribution in [1.29, 1.82) is 0 Å². The van der Waals surface area contributed by atoms with Gasteiger partial charge in [0.05, 0.1) is 5.69 Å². The molecular formula is C19H19ClN4O2. The van der Waals surface area contributed by atoms with Gasteiger partial charge >= 0.3 is 0 Å². The lowest BCUT2D eigenvalue weighted by Crippen LogP contribution is -2.39. The summed E-state index contributed by atoms with van der Waals surface area (Å²) >= 11 is 5.75. The molecule has 26 heavy (non-hydrogen) atoms. The third-order valence-corrected chi connectivity index (χ3v) is 4.35. The highest BCUT2D eigenvalue weighted by atomic mass is 35.5. The highest BCUT2D eigenvalue weighted by Crippen LogP contribution is 2.25. The number of aryl methyl sites for hydroxylation is 2. The van der Waals surface area contributed by atoms with Gasteiger partial charge in [0.2, 0.25) is 5.91 Å². The molecule has 7 heteroatoms. The first-order chi connectivity index (χ1) is 12.4. The maximum absolute atomic E-state index is 12.4. The zero-order valence-corrected chi connectivity index (χ0v) is 15.4. The topological polar surface area (TPSA) is 74.7 Å². The molecule has 0 aliphatic carbocycles. The van der Waals surface area contributed by atoms with Crippen LogP contribution in [0.25, 0.3) is 0 Å². The number of carbonyl (C=O) groups excluding carboxylic acids is 2. The summed E-state index contributed by atoms with van der Waals surface area (Å²) < 4.78 is 0. The Hall–Kier alpha value is -2.73. The average Bonchev–Trinajstić information content (AvgIpc) is 2.63. The molecule has 0 radical (unpaired) electrons. The predicted molar refractivity (Wildman–Crippen MR) is 101 cm³/mol. The highest BCUT2D eigenvalue weighted by Gasteiger charge is 2.26. The van der Waals surface area contributed by atoms with E-state index in [1.165, 1.54) is 5.01 Å². The van der Waals surface area contributed by atoms with Crippen LogP contribution < -0.4 is 10.3 Å². The number of halogens is 1. The van der Waals surface area contributed by atoms with Crippen molar-refractivity contribution in [3.63, 3.8) is 0 Å². The quantitative estimate of drug-likeness (QED) is 0.840. The number of nitrogens with one attached hydrogen (secondary N) is 1. The van der Waals surface area contributed by atoms with Crippen LogP contribution in [0.1, 0.15) is 29.5 Å². The van der Waals surface area contributed by atoms with Crippen molar-refractivity contribution in [3.05, 3.63) is 58.4 Å². The van der Waals surface area contributed by atoms with E-state index < -0.39 is 0 Å². The lowest BCUT2D eigenvalue weighted by Gasteiger charge is -2.24. The summed E-state index contributed by atoms with van der Waals surface area (Å²) in [6.45, 7) is 4.19. The number of carbonyl (C=O) groups is 2. The van der Waals surface area contributed by atoms with Gasteiger partial charge in [0, 0.05) is 25.6 Å². The Labute approximate surface area is 156 Å². The second kappa shape index (κ2) is 7.66. The summed E-state index contributed by atoms with van der Waals surface area (Å²) in [5.41, 5.74) is 3.85. The van der Waals surface area contributed by atoms with Crippen molar-refractivity contribution in [3.8, 4) is 0 Å². The van der Waals surface area contributed by atoms with Crippen LogP contribution in [-0.2, 0) is 16.1 Å². The van der Waals surface area contributed by atoms with Gasteiger partial charge in [-0.05, 0) is 42.7 Å². The van der Waals surface area contributed by atoms with Gasteiger partial charge in [0.15, 0.2) is 0 Å². The maximum Gasteiger partial charge on any atom is 0.267 e. The van der Waals surface area contributed by atoms with Gasteiger partial charge in [-0.15, -0.1) is 0 Å². The second-order valence-corrected chi connectivity index (χ2v) is 6.60. The molecule has 0 atom stereocenters. The standard InChI is InChI=1S/C19H19ClN4O2/c1-12-3-4-13(2)16(9-12)24-18(25)8-6-15(23-24)19(26)22-11-14-5-7-17(20)21-10-14/h3-5,7,9-10H,6,8,11H2,1-2H3,(H,22,26). The molecule has 0 spiro atoms. The normalized spacial score (nSPS) is 14.2. The van der Waals surface area contributed by atoms with E-state index in [-0.39, 0.29) is 18.2 Å². The number of pyridine rings is 1. The van der Waals surface area contributed by atoms with Crippen molar-refractivity contribution in [1.82, 2.24) is 10.3 Å². The first kappa shape index (κ1) is 18.1. The maximum atomic E-state index is 12.4. The lowest BCUT2D eigenvalue weighted by atomic mass is 10.1. The van der Waals surface area contributed by atoms with Crippen LogP contribution in [0, 0.1) is 13.8 Å². The fourth-order valence-corrected chi connectivity index (χ4v) is 2.76. The largest absolute Gasteiger partial charge is 0.347 e. The molecule has 1 aliphatic rings. The summed E-state index contributed by atoms with van der Waals surface area (Å²) in [4.78, 5) is 28.7. The van der Waals surface area contributed by atoms with E-state index in [0.717, 1.165) is 16.7 Å². The Bertz CT molecular complexity index is 878. The van der Waals surface area contributed by atoms with Gasteiger partial charge in [-0.1, -0.05) is 29.8 Å². The first-order valence-electron chi connectivity index (χ1n) is 8.30. The molecule has 2 aromatic rings. The number of nitrogens with zero attached hydrogens (tertiary/aromatic N) is 3. The van der Waals surface area contributed by atoms with Gasteiger partial charge in [-0.2, -0.15) is 5.10 Å². The van der Waals surface area contributed by atoms with Crippen LogP contribution in [0.2, 0.25) is 5.15 Å². The van der Waals surface area contributed by atoms with E-state index in [4.69, 9.17) is 11.6 Å². The number of rotatable bonds is 4. The molecular weight excluding hydrogens is 352 g/mol. The van der Waals surface area contributed by atoms with Crippen molar-refractivity contribution >= 4 is 34.8 Å². The minimum atomic E-state index is -0.289. The molecule has 2 heterocycles. The number of amides is 2. The highest BCUT2D eigenvalue weighted by molar-refractivity contribution is 6.40. The van der Waals surface area contributed by atoms with E-state index in [0.29, 0.717) is 29.5 Å². The summed E-state index contributed by atoms with van der Waals surface area (Å²) in [5, 5.41) is 8.86. The van der Waals surface area contributed by atoms with E-state index >= 15 is 0 Å². The van der Waals surface area contributed by atoms with Gasteiger partial charge < -0.3 is 5.32 Å². The minimum absolute atomic E-state index is 0.114. The smallest absolute Gasteiger partial charge is 0.267 e. The Morgan fingerprint density at radius 1 is 1.23 bits per heavy atom. The molecule has 0 unspecified atom stereocenters. The average molecular weight is 371 g/mol. The Morgan fingerprint density at radius 3 is 2.77 bits per heavy atom. The van der Waals surface area contributed by atoms with Gasteiger partial charge in [0.1, 0.15) is 10.9 Å². The number of benzene rings is 1. The Kier molecular flexibility index (Phi) is 5.32. The predicted octanol–water partition coefficient (Wildman–Crippen LogP) is 3.15. The van der Waals surface area contributed by atoms with E-state index in [2.05, 4.69) is 15.4 Å². The monoisotopic (exact) mass is 370 g/mol. The molecule has 1 N–H and O–H groups in total. The SMILES string of the molecule is Cc1ccc(C)c(N2N=C(C(=O)NCc3ccc(Cl)nc3)CCC2=O)c1. The van der Waals surface area contributed by atoms with E-state index in [1.807, 2.05) is 32.0 Å². The summed E-state index contributed by atoms with van der Waals surface area (Å²) in [5.74, 6) is -0.403. The number of anilines is 1. The molecule has 2 amide bonds.